The van der Waals surface area contributed by atoms with E-state index < -0.39 is 0 Å². The van der Waals surface area contributed by atoms with Crippen molar-refractivity contribution in [1.29, 1.82) is 0 Å². The predicted octanol–water partition coefficient (Wildman–Crippen LogP) is 2.39. The van der Waals surface area contributed by atoms with Gasteiger partial charge in [-0.15, -0.1) is 0 Å². The smallest absolute Gasteiger partial charge is 0.309 e. The summed E-state index contributed by atoms with van der Waals surface area (Å²) in [7, 11) is 0. The molecule has 2 heteroatoms. The number of hydrogen-bond acceptors (Lipinski definition) is 2. The molecule has 0 unspecified atom stereocenters. The number of ether oxygens (including phenoxy) is 1. The fourth-order valence-corrected chi connectivity index (χ4v) is 1.49. The summed E-state index contributed by atoms with van der Waals surface area (Å²) in [6.07, 6.45) is 0.994. The van der Waals surface area contributed by atoms with E-state index in [0.717, 1.165) is 12.0 Å². The third kappa shape index (κ3) is 2.13. The third-order valence-corrected chi connectivity index (χ3v) is 2.64. The van der Waals surface area contributed by atoms with E-state index >= 15 is 0 Å². The summed E-state index contributed by atoms with van der Waals surface area (Å²) >= 11 is 0. The van der Waals surface area contributed by atoms with E-state index in [1.807, 2.05) is 30.3 Å². The lowest BCUT2D eigenvalue weighted by Gasteiger charge is -2.03. The first-order valence-corrected chi connectivity index (χ1v) is 4.98. The van der Waals surface area contributed by atoms with Crippen LogP contribution >= 0.6 is 0 Å². The molecule has 1 fully saturated rings. The second-order valence-electron chi connectivity index (χ2n) is 3.91. The second-order valence-corrected chi connectivity index (χ2v) is 3.91. The monoisotopic (exact) mass is 190 g/mol. The molecule has 1 aromatic carbocycles. The van der Waals surface area contributed by atoms with Crippen LogP contribution in [0.5, 0.6) is 0 Å². The van der Waals surface area contributed by atoms with Gasteiger partial charge in [0.1, 0.15) is 6.61 Å². The second kappa shape index (κ2) is 3.82. The van der Waals surface area contributed by atoms with Crippen LogP contribution in [0.15, 0.2) is 30.3 Å². The maximum Gasteiger partial charge on any atom is 0.309 e. The minimum absolute atomic E-state index is 0.0404. The fourth-order valence-electron chi connectivity index (χ4n) is 1.49. The molecule has 2 atom stereocenters. The van der Waals surface area contributed by atoms with Crippen molar-refractivity contribution in [1.82, 2.24) is 0 Å². The van der Waals surface area contributed by atoms with Crippen LogP contribution in [-0.2, 0) is 16.1 Å². The number of benzene rings is 1. The highest BCUT2D eigenvalue weighted by Gasteiger charge is 2.40. The maximum absolute atomic E-state index is 11.4. The Morgan fingerprint density at radius 3 is 2.64 bits per heavy atom. The molecule has 0 aromatic heterocycles. The molecule has 0 aliphatic heterocycles. The Kier molecular flexibility index (Phi) is 2.53. The molecule has 1 saturated carbocycles. The van der Waals surface area contributed by atoms with Crippen LogP contribution in [-0.4, -0.2) is 5.97 Å². The number of hydrogen-bond donors (Lipinski definition) is 0. The minimum atomic E-state index is -0.0404. The molecule has 1 aromatic rings. The first-order valence-electron chi connectivity index (χ1n) is 4.98. The summed E-state index contributed by atoms with van der Waals surface area (Å²) in [5.41, 5.74) is 1.05. The van der Waals surface area contributed by atoms with E-state index in [0.29, 0.717) is 12.5 Å². The Morgan fingerprint density at radius 1 is 1.43 bits per heavy atom. The van der Waals surface area contributed by atoms with Gasteiger partial charge >= 0.3 is 5.97 Å². The molecular formula is C12H14O2. The topological polar surface area (TPSA) is 26.3 Å². The van der Waals surface area contributed by atoms with Crippen LogP contribution in [0.25, 0.3) is 0 Å². The van der Waals surface area contributed by atoms with E-state index in [1.54, 1.807) is 0 Å². The third-order valence-electron chi connectivity index (χ3n) is 2.64. The van der Waals surface area contributed by atoms with Crippen molar-refractivity contribution in [2.24, 2.45) is 11.8 Å². The molecule has 2 rings (SSSR count). The average molecular weight is 190 g/mol. The van der Waals surface area contributed by atoms with Crippen molar-refractivity contribution in [2.75, 3.05) is 0 Å². The molecule has 0 spiro atoms. The Bertz CT molecular complexity index is 318. The number of carbonyl (C=O) groups is 1. The molecule has 0 saturated heterocycles. The number of rotatable bonds is 3. The van der Waals surface area contributed by atoms with E-state index in [9.17, 15) is 4.79 Å². The van der Waals surface area contributed by atoms with Crippen LogP contribution in [0.1, 0.15) is 18.9 Å². The van der Waals surface area contributed by atoms with Gasteiger partial charge in [-0.05, 0) is 17.9 Å². The lowest BCUT2D eigenvalue weighted by molar-refractivity contribution is -0.146. The van der Waals surface area contributed by atoms with Crippen molar-refractivity contribution >= 4 is 5.97 Å². The summed E-state index contributed by atoms with van der Waals surface area (Å²) in [5.74, 6) is 0.651. The molecular weight excluding hydrogens is 176 g/mol. The van der Waals surface area contributed by atoms with E-state index in [2.05, 4.69) is 6.92 Å². The molecule has 2 nitrogen and oxygen atoms in total. The quantitative estimate of drug-likeness (QED) is 0.684. The normalized spacial score (nSPS) is 24.4. The van der Waals surface area contributed by atoms with Crippen molar-refractivity contribution in [2.45, 2.75) is 20.0 Å². The SMILES string of the molecule is C[C@@H]1C[C@H]1C(=O)OCc1ccccc1. The summed E-state index contributed by atoms with van der Waals surface area (Å²) in [6.45, 7) is 2.48. The maximum atomic E-state index is 11.4. The first-order chi connectivity index (χ1) is 6.77. The van der Waals surface area contributed by atoms with Crippen LogP contribution in [0.4, 0.5) is 0 Å². The lowest BCUT2D eigenvalue weighted by atomic mass is 10.2. The average Bonchev–Trinajstić information content (AvgIpc) is 2.94. The first kappa shape index (κ1) is 9.25. The van der Waals surface area contributed by atoms with Crippen LogP contribution in [0.2, 0.25) is 0 Å². The summed E-state index contributed by atoms with van der Waals surface area (Å²) in [5, 5.41) is 0. The molecule has 0 radical (unpaired) electrons. The standard InChI is InChI=1S/C12H14O2/c1-9-7-11(9)12(13)14-8-10-5-3-2-4-6-10/h2-6,9,11H,7-8H2,1H3/t9-,11-/m1/s1. The van der Waals surface area contributed by atoms with Crippen LogP contribution < -0.4 is 0 Å². The van der Waals surface area contributed by atoms with Gasteiger partial charge in [-0.2, -0.15) is 0 Å². The molecule has 0 N–H and O–H groups in total. The fraction of sp³-hybridized carbons (Fsp3) is 0.417. The van der Waals surface area contributed by atoms with E-state index in [4.69, 9.17) is 4.74 Å². The molecule has 14 heavy (non-hydrogen) atoms. The molecule has 74 valence electrons. The van der Waals surface area contributed by atoms with Crippen molar-refractivity contribution in [3.05, 3.63) is 35.9 Å². The predicted molar refractivity (Wildman–Crippen MR) is 53.5 cm³/mol. The highest BCUT2D eigenvalue weighted by Crippen LogP contribution is 2.38. The summed E-state index contributed by atoms with van der Waals surface area (Å²) in [4.78, 5) is 11.4. The van der Waals surface area contributed by atoms with Gasteiger partial charge in [-0.1, -0.05) is 37.3 Å². The zero-order chi connectivity index (χ0) is 9.97. The molecule has 0 amide bonds. The Balaban J connectivity index is 1.80. The zero-order valence-corrected chi connectivity index (χ0v) is 8.27. The highest BCUT2D eigenvalue weighted by molar-refractivity contribution is 5.75. The van der Waals surface area contributed by atoms with E-state index in [-0.39, 0.29) is 11.9 Å². The summed E-state index contributed by atoms with van der Waals surface area (Å²) < 4.78 is 5.18. The molecule has 1 aliphatic carbocycles. The van der Waals surface area contributed by atoms with E-state index in [1.165, 1.54) is 0 Å². The van der Waals surface area contributed by atoms with Gasteiger partial charge in [0.25, 0.3) is 0 Å². The number of esters is 1. The van der Waals surface area contributed by atoms with Crippen molar-refractivity contribution in [3.8, 4) is 0 Å². The van der Waals surface area contributed by atoms with Crippen molar-refractivity contribution in [3.63, 3.8) is 0 Å². The van der Waals surface area contributed by atoms with Gasteiger partial charge in [0.2, 0.25) is 0 Å². The number of carbonyl (C=O) groups excluding carboxylic acids is 1. The van der Waals surface area contributed by atoms with Gasteiger partial charge in [-0.25, -0.2) is 0 Å². The van der Waals surface area contributed by atoms with Gasteiger partial charge < -0.3 is 4.74 Å². The zero-order valence-electron chi connectivity index (χ0n) is 8.27. The minimum Gasteiger partial charge on any atom is -0.461 e. The summed E-state index contributed by atoms with van der Waals surface area (Å²) in [6, 6.07) is 9.77. The molecule has 1 aliphatic rings. The lowest BCUT2D eigenvalue weighted by Crippen LogP contribution is -2.07. The molecule has 0 bridgehead atoms. The van der Waals surface area contributed by atoms with Gasteiger partial charge in [-0.3, -0.25) is 4.79 Å². The Labute approximate surface area is 83.9 Å². The highest BCUT2D eigenvalue weighted by atomic mass is 16.5. The van der Waals surface area contributed by atoms with Crippen LogP contribution in [0, 0.1) is 11.8 Å². The van der Waals surface area contributed by atoms with Gasteiger partial charge in [0.05, 0.1) is 5.92 Å². The Hall–Kier alpha value is -1.31. The van der Waals surface area contributed by atoms with Gasteiger partial charge in [0, 0.05) is 0 Å². The largest absolute Gasteiger partial charge is 0.461 e. The van der Waals surface area contributed by atoms with Crippen molar-refractivity contribution < 1.29 is 9.53 Å². The molecule has 0 heterocycles. The van der Waals surface area contributed by atoms with Crippen LogP contribution in [0.3, 0.4) is 0 Å². The van der Waals surface area contributed by atoms with Gasteiger partial charge in [0.15, 0.2) is 0 Å². The Morgan fingerprint density at radius 2 is 2.07 bits per heavy atom.